The normalized spacial score (nSPS) is 14.5. The Morgan fingerprint density at radius 2 is 2.33 bits per heavy atom. The van der Waals surface area contributed by atoms with Crippen molar-refractivity contribution in [3.8, 4) is 0 Å². The fourth-order valence-corrected chi connectivity index (χ4v) is 0.204. The lowest BCUT2D eigenvalue weighted by molar-refractivity contribution is 0.730. The molecule has 1 nitrogen and oxygen atoms in total. The lowest BCUT2D eigenvalue weighted by Crippen LogP contribution is -2.15. The molecule has 0 radical (unpaired) electrons. The summed E-state index contributed by atoms with van der Waals surface area (Å²) in [6, 6.07) is 0. The molecule has 0 spiro atoms. The van der Waals surface area contributed by atoms with Crippen molar-refractivity contribution in [2.75, 3.05) is 7.05 Å². The molecule has 6 heavy (non-hydrogen) atoms. The zero-order valence-electron chi connectivity index (χ0n) is 4.16. The summed E-state index contributed by atoms with van der Waals surface area (Å²) in [4.78, 5) is 0.498. The van der Waals surface area contributed by atoms with Crippen molar-refractivity contribution >= 4 is 15.9 Å². The summed E-state index contributed by atoms with van der Waals surface area (Å²) in [5, 5.41) is 3.03. The van der Waals surface area contributed by atoms with Crippen LogP contribution in [-0.2, 0) is 0 Å². The summed E-state index contributed by atoms with van der Waals surface area (Å²) in [7, 11) is 1.93. The van der Waals surface area contributed by atoms with E-state index in [0.29, 0.717) is 4.95 Å². The van der Waals surface area contributed by atoms with Gasteiger partial charge in [0.1, 0.15) is 0 Å². The van der Waals surface area contributed by atoms with Gasteiger partial charge in [0.05, 0.1) is 4.95 Å². The zero-order chi connectivity index (χ0) is 4.99. The van der Waals surface area contributed by atoms with Crippen LogP contribution < -0.4 is 5.32 Å². The van der Waals surface area contributed by atoms with E-state index in [9.17, 15) is 0 Å². The van der Waals surface area contributed by atoms with E-state index in [1.807, 2.05) is 7.05 Å². The summed E-state index contributed by atoms with van der Waals surface area (Å²) in [6.45, 7) is 2.12. The maximum Gasteiger partial charge on any atom is 0.0625 e. The lowest BCUT2D eigenvalue weighted by atomic mass is 10.5. The summed E-state index contributed by atoms with van der Waals surface area (Å²) in [5.74, 6) is 0. The maximum atomic E-state index is 3.36. The lowest BCUT2D eigenvalue weighted by Gasteiger charge is -1.99. The Labute approximate surface area is 47.3 Å². The number of halogens is 1. The topological polar surface area (TPSA) is 12.0 Å². The highest BCUT2D eigenvalue weighted by atomic mass is 79.9. The highest BCUT2D eigenvalue weighted by molar-refractivity contribution is 9.09. The zero-order valence-corrected chi connectivity index (χ0v) is 5.75. The molecule has 1 atom stereocenters. The quantitative estimate of drug-likeness (QED) is 0.465. The van der Waals surface area contributed by atoms with E-state index in [2.05, 4.69) is 28.2 Å². The first-order valence-electron chi connectivity index (χ1n) is 2.12. The Hall–Kier alpha value is 0.440. The first-order valence-corrected chi connectivity index (χ1v) is 3.04. The van der Waals surface area contributed by atoms with Crippen molar-refractivity contribution in [3.05, 3.63) is 0 Å². The van der Waals surface area contributed by atoms with Crippen molar-refractivity contribution in [1.29, 1.82) is 0 Å². The fourth-order valence-electron chi connectivity index (χ4n) is 0.204. The molecular formula is C4H10BrN. The molecule has 0 aromatic rings. The van der Waals surface area contributed by atoms with Gasteiger partial charge in [-0.3, -0.25) is 0 Å². The summed E-state index contributed by atoms with van der Waals surface area (Å²) in [6.07, 6.45) is 1.14. The van der Waals surface area contributed by atoms with E-state index in [-0.39, 0.29) is 0 Å². The van der Waals surface area contributed by atoms with Crippen LogP contribution in [0.3, 0.4) is 0 Å². The molecular weight excluding hydrogens is 142 g/mol. The highest BCUT2D eigenvalue weighted by Crippen LogP contribution is 1.95. The average Bonchev–Trinajstić information content (AvgIpc) is 1.65. The van der Waals surface area contributed by atoms with Gasteiger partial charge >= 0.3 is 0 Å². The molecule has 0 saturated heterocycles. The standard InChI is InChI=1S/C4H10BrN/c1-3-4(5)6-2/h4,6H,3H2,1-2H3. The molecule has 0 bridgehead atoms. The van der Waals surface area contributed by atoms with Gasteiger partial charge in [-0.15, -0.1) is 0 Å². The van der Waals surface area contributed by atoms with Gasteiger partial charge in [-0.05, 0) is 13.5 Å². The van der Waals surface area contributed by atoms with Crippen LogP contribution in [-0.4, -0.2) is 12.0 Å². The van der Waals surface area contributed by atoms with Crippen LogP contribution in [0, 0.1) is 0 Å². The van der Waals surface area contributed by atoms with Gasteiger partial charge in [-0.2, -0.15) is 0 Å². The summed E-state index contributed by atoms with van der Waals surface area (Å²) >= 11 is 3.36. The molecule has 0 aliphatic carbocycles. The molecule has 1 unspecified atom stereocenters. The molecule has 0 fully saturated rings. The minimum absolute atomic E-state index is 0.498. The van der Waals surface area contributed by atoms with E-state index in [4.69, 9.17) is 0 Å². The minimum Gasteiger partial charge on any atom is -0.308 e. The van der Waals surface area contributed by atoms with E-state index in [1.54, 1.807) is 0 Å². The van der Waals surface area contributed by atoms with Crippen molar-refractivity contribution < 1.29 is 0 Å². The SMILES string of the molecule is CCC(Br)NC. The first-order chi connectivity index (χ1) is 2.81. The third kappa shape index (κ3) is 2.67. The molecule has 0 amide bonds. The van der Waals surface area contributed by atoms with Crippen molar-refractivity contribution in [2.45, 2.75) is 18.3 Å². The van der Waals surface area contributed by atoms with Crippen LogP contribution in [0.5, 0.6) is 0 Å². The van der Waals surface area contributed by atoms with Gasteiger partial charge < -0.3 is 5.32 Å². The fraction of sp³-hybridized carbons (Fsp3) is 1.00. The third-order valence-electron chi connectivity index (χ3n) is 0.672. The van der Waals surface area contributed by atoms with Crippen molar-refractivity contribution in [3.63, 3.8) is 0 Å². The van der Waals surface area contributed by atoms with Gasteiger partial charge in [-0.1, -0.05) is 22.9 Å². The Kier molecular flexibility index (Phi) is 3.89. The van der Waals surface area contributed by atoms with Crippen LogP contribution in [0.25, 0.3) is 0 Å². The Morgan fingerprint density at radius 1 is 1.83 bits per heavy atom. The van der Waals surface area contributed by atoms with Gasteiger partial charge in [0, 0.05) is 0 Å². The third-order valence-corrected chi connectivity index (χ3v) is 1.78. The van der Waals surface area contributed by atoms with Crippen LogP contribution in [0.2, 0.25) is 0 Å². The number of hydrogen-bond donors (Lipinski definition) is 1. The smallest absolute Gasteiger partial charge is 0.0625 e. The van der Waals surface area contributed by atoms with Gasteiger partial charge in [0.25, 0.3) is 0 Å². The molecule has 0 aromatic heterocycles. The van der Waals surface area contributed by atoms with Crippen molar-refractivity contribution in [1.82, 2.24) is 5.32 Å². The predicted octanol–water partition coefficient (Wildman–Crippen LogP) is 1.34. The highest BCUT2D eigenvalue weighted by Gasteiger charge is 1.89. The monoisotopic (exact) mass is 151 g/mol. The van der Waals surface area contributed by atoms with Gasteiger partial charge in [0.2, 0.25) is 0 Å². The van der Waals surface area contributed by atoms with E-state index < -0.39 is 0 Å². The largest absolute Gasteiger partial charge is 0.308 e. The number of hydrogen-bond acceptors (Lipinski definition) is 1. The molecule has 0 aliphatic heterocycles. The van der Waals surface area contributed by atoms with Crippen LogP contribution in [0.15, 0.2) is 0 Å². The first kappa shape index (κ1) is 6.44. The van der Waals surface area contributed by atoms with Crippen LogP contribution >= 0.6 is 15.9 Å². The van der Waals surface area contributed by atoms with Crippen molar-refractivity contribution in [2.24, 2.45) is 0 Å². The molecule has 0 heterocycles. The average molecular weight is 152 g/mol. The minimum atomic E-state index is 0.498. The molecule has 0 saturated carbocycles. The maximum absolute atomic E-state index is 3.36. The van der Waals surface area contributed by atoms with Gasteiger partial charge in [-0.25, -0.2) is 0 Å². The molecule has 38 valence electrons. The Morgan fingerprint density at radius 3 is 2.33 bits per heavy atom. The molecule has 0 rings (SSSR count). The Bertz CT molecular complexity index is 26.7. The Balaban J connectivity index is 2.75. The van der Waals surface area contributed by atoms with Gasteiger partial charge in [0.15, 0.2) is 0 Å². The predicted molar refractivity (Wildman–Crippen MR) is 32.1 cm³/mol. The molecule has 1 N–H and O–H groups in total. The second kappa shape index (κ2) is 3.62. The molecule has 2 heteroatoms. The second-order valence-corrected chi connectivity index (χ2v) is 2.27. The number of alkyl halides is 1. The molecule has 0 aliphatic rings. The summed E-state index contributed by atoms with van der Waals surface area (Å²) < 4.78 is 0. The number of rotatable bonds is 2. The second-order valence-electron chi connectivity index (χ2n) is 1.16. The van der Waals surface area contributed by atoms with E-state index in [0.717, 1.165) is 6.42 Å². The van der Waals surface area contributed by atoms with E-state index in [1.165, 1.54) is 0 Å². The molecule has 0 aromatic carbocycles. The number of nitrogens with one attached hydrogen (secondary N) is 1. The van der Waals surface area contributed by atoms with E-state index >= 15 is 0 Å². The summed E-state index contributed by atoms with van der Waals surface area (Å²) in [5.41, 5.74) is 0. The van der Waals surface area contributed by atoms with Crippen LogP contribution in [0.4, 0.5) is 0 Å². The van der Waals surface area contributed by atoms with Crippen LogP contribution in [0.1, 0.15) is 13.3 Å².